The Morgan fingerprint density at radius 1 is 0.821 bits per heavy atom. The van der Waals surface area contributed by atoms with Crippen molar-refractivity contribution in [1.29, 1.82) is 0 Å². The van der Waals surface area contributed by atoms with Gasteiger partial charge in [0.15, 0.2) is 16.7 Å². The molecule has 4 heteroatoms. The van der Waals surface area contributed by atoms with E-state index in [1.807, 2.05) is 6.33 Å². The lowest BCUT2D eigenvalue weighted by molar-refractivity contribution is -0.566. The summed E-state index contributed by atoms with van der Waals surface area (Å²) in [5, 5.41) is 0. The van der Waals surface area contributed by atoms with Crippen LogP contribution < -0.4 is 4.57 Å². The standard InChI is InChI=1S/C24H31N4/c1-23(2,3)16-9-10-19-20(12-16)27(8)15-28(19)21-13-17(24(4,5)6)11-18-22(21)26(7)14-25-18/h9-15H,1-8H3/q+1. The predicted octanol–water partition coefficient (Wildman–Crippen LogP) is 4.94. The maximum atomic E-state index is 4.65. The summed E-state index contributed by atoms with van der Waals surface area (Å²) >= 11 is 0. The third kappa shape index (κ3) is 2.92. The van der Waals surface area contributed by atoms with Crippen LogP contribution in [0.4, 0.5) is 0 Å². The zero-order chi connectivity index (χ0) is 20.4. The van der Waals surface area contributed by atoms with Crippen LogP contribution >= 0.6 is 0 Å². The fourth-order valence-electron chi connectivity index (χ4n) is 3.85. The second kappa shape index (κ2) is 5.94. The molecular formula is C24H31N4+. The van der Waals surface area contributed by atoms with Gasteiger partial charge in [-0.1, -0.05) is 47.6 Å². The first-order valence-electron chi connectivity index (χ1n) is 9.94. The highest BCUT2D eigenvalue weighted by Crippen LogP contribution is 2.30. The van der Waals surface area contributed by atoms with E-state index in [2.05, 4.69) is 111 Å². The molecule has 0 aliphatic carbocycles. The molecular weight excluding hydrogens is 344 g/mol. The summed E-state index contributed by atoms with van der Waals surface area (Å²) in [4.78, 5) is 4.65. The van der Waals surface area contributed by atoms with Crippen LogP contribution in [0, 0.1) is 0 Å². The number of hydrogen-bond acceptors (Lipinski definition) is 1. The molecule has 4 aromatic rings. The second-order valence-electron chi connectivity index (χ2n) is 10.0. The van der Waals surface area contributed by atoms with E-state index < -0.39 is 0 Å². The summed E-state index contributed by atoms with van der Waals surface area (Å²) in [7, 11) is 4.19. The van der Waals surface area contributed by atoms with Crippen LogP contribution in [0.1, 0.15) is 52.7 Å². The van der Waals surface area contributed by atoms with Gasteiger partial charge in [0.1, 0.15) is 5.52 Å². The molecule has 0 N–H and O–H groups in total. The van der Waals surface area contributed by atoms with Gasteiger partial charge in [-0.25, -0.2) is 9.55 Å². The first kappa shape index (κ1) is 18.7. The van der Waals surface area contributed by atoms with E-state index in [0.717, 1.165) is 11.0 Å². The second-order valence-corrected chi connectivity index (χ2v) is 10.0. The molecule has 0 saturated carbocycles. The van der Waals surface area contributed by atoms with Crippen LogP contribution in [0.25, 0.3) is 27.8 Å². The molecule has 0 spiro atoms. The van der Waals surface area contributed by atoms with E-state index >= 15 is 0 Å². The van der Waals surface area contributed by atoms with Gasteiger partial charge in [0.05, 0.1) is 18.9 Å². The molecule has 0 amide bonds. The van der Waals surface area contributed by atoms with Crippen molar-refractivity contribution >= 4 is 22.1 Å². The average molecular weight is 376 g/mol. The van der Waals surface area contributed by atoms with E-state index in [1.54, 1.807) is 0 Å². The molecule has 4 rings (SSSR count). The minimum Gasteiger partial charge on any atom is -0.330 e. The van der Waals surface area contributed by atoms with E-state index in [1.165, 1.54) is 27.8 Å². The molecule has 0 bridgehead atoms. The number of rotatable bonds is 1. The van der Waals surface area contributed by atoms with E-state index in [-0.39, 0.29) is 10.8 Å². The molecule has 2 aromatic heterocycles. The summed E-state index contributed by atoms with van der Waals surface area (Å²) in [5.41, 5.74) is 8.66. The van der Waals surface area contributed by atoms with E-state index in [9.17, 15) is 0 Å². The summed E-state index contributed by atoms with van der Waals surface area (Å²) < 4.78 is 6.64. The van der Waals surface area contributed by atoms with Gasteiger partial charge in [0.2, 0.25) is 6.33 Å². The van der Waals surface area contributed by atoms with Gasteiger partial charge in [-0.2, -0.15) is 4.57 Å². The van der Waals surface area contributed by atoms with E-state index in [4.69, 9.17) is 0 Å². The van der Waals surface area contributed by atoms with Crippen LogP contribution in [0.5, 0.6) is 0 Å². The summed E-state index contributed by atoms with van der Waals surface area (Å²) in [6.07, 6.45) is 4.09. The number of hydrogen-bond donors (Lipinski definition) is 0. The van der Waals surface area contributed by atoms with Crippen LogP contribution in [-0.2, 0) is 24.9 Å². The predicted molar refractivity (Wildman–Crippen MR) is 116 cm³/mol. The fraction of sp³-hybridized carbons (Fsp3) is 0.417. The Bertz CT molecular complexity index is 1190. The highest BCUT2D eigenvalue weighted by molar-refractivity contribution is 5.84. The Labute approximate surface area is 167 Å². The molecule has 0 unspecified atom stereocenters. The Morgan fingerprint density at radius 2 is 1.50 bits per heavy atom. The highest BCUT2D eigenvalue weighted by atomic mass is 15.1. The normalized spacial score (nSPS) is 13.0. The molecule has 0 fully saturated rings. The number of nitrogens with zero attached hydrogens (tertiary/aromatic N) is 4. The lowest BCUT2D eigenvalue weighted by Gasteiger charge is -2.20. The largest absolute Gasteiger partial charge is 0.330 e. The van der Waals surface area contributed by atoms with Crippen molar-refractivity contribution in [3.63, 3.8) is 0 Å². The van der Waals surface area contributed by atoms with Crippen LogP contribution in [-0.4, -0.2) is 14.1 Å². The van der Waals surface area contributed by atoms with Gasteiger partial charge < -0.3 is 4.57 Å². The van der Waals surface area contributed by atoms with Crippen LogP contribution in [0.15, 0.2) is 43.0 Å². The molecule has 0 atom stereocenters. The summed E-state index contributed by atoms with van der Waals surface area (Å²) in [5.74, 6) is 0. The molecule has 4 nitrogen and oxygen atoms in total. The van der Waals surface area contributed by atoms with Gasteiger partial charge >= 0.3 is 0 Å². The van der Waals surface area contributed by atoms with Crippen molar-refractivity contribution < 1.29 is 4.57 Å². The van der Waals surface area contributed by atoms with Crippen LogP contribution in [0.3, 0.4) is 0 Å². The number of aryl methyl sites for hydroxylation is 2. The maximum absolute atomic E-state index is 4.65. The van der Waals surface area contributed by atoms with Gasteiger partial charge in [-0.15, -0.1) is 0 Å². The summed E-state index contributed by atoms with van der Waals surface area (Å²) in [6, 6.07) is 11.4. The number of fused-ring (bicyclic) bond motifs is 2. The first-order valence-corrected chi connectivity index (χ1v) is 9.94. The van der Waals surface area contributed by atoms with E-state index in [0.29, 0.717) is 0 Å². The molecule has 0 aliphatic heterocycles. The zero-order valence-corrected chi connectivity index (χ0v) is 18.3. The minimum absolute atomic E-state index is 0.0605. The van der Waals surface area contributed by atoms with Gasteiger partial charge in [0.25, 0.3) is 0 Å². The number of imidazole rings is 2. The first-order chi connectivity index (χ1) is 13.0. The zero-order valence-electron chi connectivity index (χ0n) is 18.3. The number of aromatic nitrogens is 4. The maximum Gasteiger partial charge on any atom is 0.249 e. The Kier molecular flexibility index (Phi) is 3.97. The lowest BCUT2D eigenvalue weighted by Crippen LogP contribution is -2.30. The average Bonchev–Trinajstić information content (AvgIpc) is 3.13. The summed E-state index contributed by atoms with van der Waals surface area (Å²) in [6.45, 7) is 13.5. The van der Waals surface area contributed by atoms with Crippen molar-refractivity contribution in [2.45, 2.75) is 52.4 Å². The highest BCUT2D eigenvalue weighted by Gasteiger charge is 2.25. The Morgan fingerprint density at radius 3 is 2.14 bits per heavy atom. The van der Waals surface area contributed by atoms with Gasteiger partial charge in [-0.3, -0.25) is 0 Å². The lowest BCUT2D eigenvalue weighted by atomic mass is 9.86. The van der Waals surface area contributed by atoms with Crippen molar-refractivity contribution in [2.24, 2.45) is 14.1 Å². The molecule has 0 saturated heterocycles. The minimum atomic E-state index is 0.0605. The third-order valence-electron chi connectivity index (χ3n) is 5.69. The Hall–Kier alpha value is -2.62. The molecule has 146 valence electrons. The van der Waals surface area contributed by atoms with Crippen molar-refractivity contribution in [3.05, 3.63) is 54.1 Å². The molecule has 28 heavy (non-hydrogen) atoms. The number of benzene rings is 2. The quantitative estimate of drug-likeness (QED) is 0.433. The Balaban J connectivity index is 2.05. The molecule has 0 aliphatic rings. The molecule has 2 aromatic carbocycles. The topological polar surface area (TPSA) is 26.6 Å². The van der Waals surface area contributed by atoms with Crippen molar-refractivity contribution in [3.8, 4) is 5.69 Å². The SMILES string of the molecule is Cn1c[n+](-c2cc(C(C)(C)C)cc3ncn(C)c23)c2ccc(C(C)(C)C)cc21. The van der Waals surface area contributed by atoms with Gasteiger partial charge in [-0.05, 0) is 46.2 Å². The smallest absolute Gasteiger partial charge is 0.249 e. The van der Waals surface area contributed by atoms with Crippen LogP contribution in [0.2, 0.25) is 0 Å². The fourth-order valence-corrected chi connectivity index (χ4v) is 3.85. The monoisotopic (exact) mass is 375 g/mol. The van der Waals surface area contributed by atoms with Crippen molar-refractivity contribution in [2.75, 3.05) is 0 Å². The molecule has 2 heterocycles. The molecule has 0 radical (unpaired) electrons. The van der Waals surface area contributed by atoms with Crippen molar-refractivity contribution in [1.82, 2.24) is 14.1 Å². The third-order valence-corrected chi connectivity index (χ3v) is 5.69. The van der Waals surface area contributed by atoms with Gasteiger partial charge in [0, 0.05) is 7.05 Å².